The van der Waals surface area contributed by atoms with Gasteiger partial charge in [0.25, 0.3) is 5.91 Å². The highest BCUT2D eigenvalue weighted by Crippen LogP contribution is 2.20. The number of anilines is 1. The number of hydrogen-bond donors (Lipinski definition) is 3. The molecule has 0 unspecified atom stereocenters. The molecule has 30 heavy (non-hydrogen) atoms. The van der Waals surface area contributed by atoms with Gasteiger partial charge in [0.1, 0.15) is 5.82 Å². The first-order chi connectivity index (χ1) is 14.6. The standard InChI is InChI=1S/C23H19N5OS/c1-15-2-5-21(23(29)26-10-16-6-7-30-14-16)17(8-15)3-4-18-9-19(11-25-22(18)24)20-12-27-28-13-20/h2,5-9,11-14H,10H2,1H3,(H2,24,25)(H,26,29)(H,27,28). The lowest BCUT2D eigenvalue weighted by Crippen LogP contribution is -2.23. The highest BCUT2D eigenvalue weighted by Gasteiger charge is 2.11. The number of carbonyl (C=O) groups is 1. The third-order valence-corrected chi connectivity index (χ3v) is 5.27. The number of nitrogen functional groups attached to an aromatic ring is 1. The summed E-state index contributed by atoms with van der Waals surface area (Å²) in [6.07, 6.45) is 5.17. The molecule has 7 heteroatoms. The number of aryl methyl sites for hydroxylation is 1. The lowest BCUT2D eigenvalue weighted by Gasteiger charge is -2.07. The van der Waals surface area contributed by atoms with Crippen LogP contribution in [0.2, 0.25) is 0 Å². The fourth-order valence-electron chi connectivity index (χ4n) is 2.91. The number of aromatic amines is 1. The number of aromatic nitrogens is 3. The predicted octanol–water partition coefficient (Wildman–Crippen LogP) is 3.75. The zero-order valence-electron chi connectivity index (χ0n) is 16.3. The second kappa shape index (κ2) is 8.64. The Labute approximate surface area is 178 Å². The van der Waals surface area contributed by atoms with Crippen molar-refractivity contribution in [2.75, 3.05) is 5.73 Å². The molecular formula is C23H19N5OS. The maximum absolute atomic E-state index is 12.7. The maximum Gasteiger partial charge on any atom is 0.252 e. The highest BCUT2D eigenvalue weighted by atomic mass is 32.1. The number of hydrogen-bond acceptors (Lipinski definition) is 5. The monoisotopic (exact) mass is 413 g/mol. The van der Waals surface area contributed by atoms with Crippen molar-refractivity contribution in [1.82, 2.24) is 20.5 Å². The molecule has 0 atom stereocenters. The summed E-state index contributed by atoms with van der Waals surface area (Å²) in [7, 11) is 0. The van der Waals surface area contributed by atoms with Crippen LogP contribution in [0.3, 0.4) is 0 Å². The molecule has 4 rings (SSSR count). The third-order valence-electron chi connectivity index (χ3n) is 4.53. The molecule has 0 aliphatic heterocycles. The van der Waals surface area contributed by atoms with E-state index in [0.717, 1.165) is 22.3 Å². The first kappa shape index (κ1) is 19.4. The van der Waals surface area contributed by atoms with Crippen LogP contribution in [-0.4, -0.2) is 21.1 Å². The molecule has 0 aliphatic rings. The zero-order valence-corrected chi connectivity index (χ0v) is 17.1. The summed E-state index contributed by atoms with van der Waals surface area (Å²) in [4.78, 5) is 17.0. The molecule has 3 heterocycles. The van der Waals surface area contributed by atoms with Crippen LogP contribution in [-0.2, 0) is 6.54 Å². The molecule has 1 amide bonds. The Morgan fingerprint density at radius 3 is 2.80 bits per heavy atom. The molecule has 0 aliphatic carbocycles. The summed E-state index contributed by atoms with van der Waals surface area (Å²) in [5.41, 5.74) is 11.6. The van der Waals surface area contributed by atoms with Gasteiger partial charge in [0.15, 0.2) is 0 Å². The number of H-pyrrole nitrogens is 1. The van der Waals surface area contributed by atoms with Crippen molar-refractivity contribution < 1.29 is 4.79 Å². The van der Waals surface area contributed by atoms with Gasteiger partial charge in [-0.3, -0.25) is 9.89 Å². The SMILES string of the molecule is Cc1ccc(C(=O)NCc2ccsc2)c(C#Cc2cc(-c3cn[nH]c3)cnc2N)c1. The van der Waals surface area contributed by atoms with E-state index in [1.165, 1.54) is 0 Å². The summed E-state index contributed by atoms with van der Waals surface area (Å²) in [5.74, 6) is 6.36. The van der Waals surface area contributed by atoms with Crippen LogP contribution in [0.25, 0.3) is 11.1 Å². The van der Waals surface area contributed by atoms with Crippen LogP contribution in [0, 0.1) is 18.8 Å². The Morgan fingerprint density at radius 2 is 2.03 bits per heavy atom. The highest BCUT2D eigenvalue weighted by molar-refractivity contribution is 7.07. The van der Waals surface area contributed by atoms with Crippen LogP contribution in [0.15, 0.2) is 59.7 Å². The summed E-state index contributed by atoms with van der Waals surface area (Å²) in [6, 6.07) is 9.46. The second-order valence-electron chi connectivity index (χ2n) is 6.76. The Bertz CT molecular complexity index is 1230. The second-order valence-corrected chi connectivity index (χ2v) is 7.54. The quantitative estimate of drug-likeness (QED) is 0.444. The Kier molecular flexibility index (Phi) is 5.59. The van der Waals surface area contributed by atoms with E-state index in [-0.39, 0.29) is 5.91 Å². The minimum absolute atomic E-state index is 0.163. The van der Waals surface area contributed by atoms with Crippen LogP contribution >= 0.6 is 11.3 Å². The number of rotatable bonds is 4. The van der Waals surface area contributed by atoms with Gasteiger partial charge in [0.2, 0.25) is 0 Å². The molecular weight excluding hydrogens is 394 g/mol. The smallest absolute Gasteiger partial charge is 0.252 e. The van der Waals surface area contributed by atoms with Crippen molar-refractivity contribution in [2.45, 2.75) is 13.5 Å². The minimum Gasteiger partial charge on any atom is -0.383 e. The van der Waals surface area contributed by atoms with E-state index in [4.69, 9.17) is 5.73 Å². The molecule has 0 radical (unpaired) electrons. The van der Waals surface area contributed by atoms with Gasteiger partial charge in [-0.25, -0.2) is 4.98 Å². The maximum atomic E-state index is 12.7. The van der Waals surface area contributed by atoms with E-state index in [1.54, 1.807) is 36.0 Å². The number of nitrogens with one attached hydrogen (secondary N) is 2. The largest absolute Gasteiger partial charge is 0.383 e. The van der Waals surface area contributed by atoms with E-state index in [1.807, 2.05) is 41.9 Å². The Morgan fingerprint density at radius 1 is 1.17 bits per heavy atom. The van der Waals surface area contributed by atoms with Gasteiger partial charge in [-0.1, -0.05) is 17.9 Å². The molecule has 3 aromatic heterocycles. The number of benzene rings is 1. The van der Waals surface area contributed by atoms with Crippen molar-refractivity contribution >= 4 is 23.1 Å². The third kappa shape index (κ3) is 4.40. The molecule has 0 spiro atoms. The van der Waals surface area contributed by atoms with E-state index >= 15 is 0 Å². The molecule has 4 aromatic rings. The molecule has 0 saturated carbocycles. The van der Waals surface area contributed by atoms with Crippen LogP contribution in [0.1, 0.15) is 32.6 Å². The van der Waals surface area contributed by atoms with E-state index in [0.29, 0.717) is 29.1 Å². The van der Waals surface area contributed by atoms with Crippen molar-refractivity contribution in [1.29, 1.82) is 0 Å². The van der Waals surface area contributed by atoms with Crippen molar-refractivity contribution in [3.05, 3.63) is 87.5 Å². The van der Waals surface area contributed by atoms with Crippen LogP contribution < -0.4 is 11.1 Å². The summed E-state index contributed by atoms with van der Waals surface area (Å²) < 4.78 is 0. The number of thiophene rings is 1. The molecule has 0 fully saturated rings. The average Bonchev–Trinajstić information content (AvgIpc) is 3.46. The van der Waals surface area contributed by atoms with E-state index < -0.39 is 0 Å². The van der Waals surface area contributed by atoms with Gasteiger partial charge >= 0.3 is 0 Å². The van der Waals surface area contributed by atoms with Gasteiger partial charge in [-0.2, -0.15) is 16.4 Å². The Balaban J connectivity index is 1.63. The van der Waals surface area contributed by atoms with Crippen LogP contribution in [0.5, 0.6) is 0 Å². The minimum atomic E-state index is -0.163. The molecule has 6 nitrogen and oxygen atoms in total. The van der Waals surface area contributed by atoms with Gasteiger partial charge in [-0.05, 0) is 53.1 Å². The number of nitrogens with two attached hydrogens (primary N) is 1. The topological polar surface area (TPSA) is 96.7 Å². The molecule has 0 saturated heterocycles. The lowest BCUT2D eigenvalue weighted by molar-refractivity contribution is 0.0950. The summed E-state index contributed by atoms with van der Waals surface area (Å²) >= 11 is 1.60. The Hall–Kier alpha value is -3.89. The number of nitrogens with zero attached hydrogens (tertiary/aromatic N) is 2. The summed E-state index contributed by atoms with van der Waals surface area (Å²) in [5, 5.41) is 13.7. The predicted molar refractivity (Wildman–Crippen MR) is 119 cm³/mol. The zero-order chi connectivity index (χ0) is 20.9. The summed E-state index contributed by atoms with van der Waals surface area (Å²) in [6.45, 7) is 2.44. The van der Waals surface area contributed by atoms with E-state index in [2.05, 4.69) is 32.3 Å². The number of carbonyl (C=O) groups excluding carboxylic acids is 1. The molecule has 4 N–H and O–H groups in total. The van der Waals surface area contributed by atoms with Gasteiger partial charge in [0.05, 0.1) is 17.3 Å². The van der Waals surface area contributed by atoms with Gasteiger partial charge < -0.3 is 11.1 Å². The first-order valence-corrected chi connectivity index (χ1v) is 10.2. The fourth-order valence-corrected chi connectivity index (χ4v) is 3.58. The van der Waals surface area contributed by atoms with E-state index in [9.17, 15) is 4.79 Å². The lowest BCUT2D eigenvalue weighted by atomic mass is 10.0. The normalized spacial score (nSPS) is 10.3. The number of amides is 1. The van der Waals surface area contributed by atoms with Crippen molar-refractivity contribution in [3.8, 4) is 23.0 Å². The first-order valence-electron chi connectivity index (χ1n) is 9.27. The van der Waals surface area contributed by atoms with Crippen LogP contribution in [0.4, 0.5) is 5.82 Å². The van der Waals surface area contributed by atoms with Gasteiger partial charge in [-0.15, -0.1) is 0 Å². The van der Waals surface area contributed by atoms with Crippen molar-refractivity contribution in [3.63, 3.8) is 0 Å². The average molecular weight is 414 g/mol. The van der Waals surface area contributed by atoms with Crippen molar-refractivity contribution in [2.24, 2.45) is 0 Å². The molecule has 0 bridgehead atoms. The number of pyridine rings is 1. The fraction of sp³-hybridized carbons (Fsp3) is 0.0870. The van der Waals surface area contributed by atoms with Gasteiger partial charge in [0, 0.05) is 35.6 Å². The molecule has 148 valence electrons. The molecule has 1 aromatic carbocycles.